The Morgan fingerprint density at radius 1 is 1.23 bits per heavy atom. The third-order valence-electron chi connectivity index (χ3n) is 3.74. The summed E-state index contributed by atoms with van der Waals surface area (Å²) in [6, 6.07) is 7.59. The quantitative estimate of drug-likeness (QED) is 0.807. The molecule has 0 saturated carbocycles. The average Bonchev–Trinajstić information content (AvgIpc) is 2.44. The first-order valence-corrected chi connectivity index (χ1v) is 7.55. The molecule has 1 amide bonds. The topological polar surface area (TPSA) is 64.3 Å². The molecule has 1 aromatic carbocycles. The first kappa shape index (κ1) is 20.7. The molecule has 0 saturated heterocycles. The molecule has 0 aliphatic heterocycles. The number of hydrogen-bond acceptors (Lipinski definition) is 3. The van der Waals surface area contributed by atoms with Crippen molar-refractivity contribution in [2.75, 3.05) is 7.11 Å². The zero-order valence-electron chi connectivity index (χ0n) is 14.1. The Morgan fingerprint density at radius 2 is 1.82 bits per heavy atom. The van der Waals surface area contributed by atoms with Crippen LogP contribution in [-0.2, 0) is 4.79 Å². The van der Waals surface area contributed by atoms with Gasteiger partial charge in [-0.2, -0.15) is 0 Å². The molecule has 3 atom stereocenters. The highest BCUT2D eigenvalue weighted by Crippen LogP contribution is 2.29. The molecule has 0 fully saturated rings. The van der Waals surface area contributed by atoms with E-state index in [9.17, 15) is 4.79 Å². The van der Waals surface area contributed by atoms with Crippen LogP contribution in [0.4, 0.5) is 0 Å². The molecule has 22 heavy (non-hydrogen) atoms. The summed E-state index contributed by atoms with van der Waals surface area (Å²) in [7, 11) is 1.65. The summed E-state index contributed by atoms with van der Waals surface area (Å²) in [5.41, 5.74) is 6.84. The minimum absolute atomic E-state index is 0. The SMILES string of the molecule is COc1ccccc1C(CC(C)C)NC(=O)C(C)C(C)N.Cl. The lowest BCUT2D eigenvalue weighted by Crippen LogP contribution is -2.40. The van der Waals surface area contributed by atoms with Gasteiger partial charge in [0, 0.05) is 17.5 Å². The van der Waals surface area contributed by atoms with Gasteiger partial charge in [0.1, 0.15) is 5.75 Å². The zero-order valence-corrected chi connectivity index (χ0v) is 14.9. The van der Waals surface area contributed by atoms with E-state index in [2.05, 4.69) is 19.2 Å². The molecule has 3 unspecified atom stereocenters. The number of halogens is 1. The molecule has 0 aliphatic carbocycles. The number of nitrogens with two attached hydrogens (primary N) is 1. The molecule has 1 rings (SSSR count). The molecule has 0 radical (unpaired) electrons. The molecule has 1 aromatic rings. The van der Waals surface area contributed by atoms with Crippen LogP contribution in [-0.4, -0.2) is 19.1 Å². The fourth-order valence-electron chi connectivity index (χ4n) is 2.23. The summed E-state index contributed by atoms with van der Waals surface area (Å²) in [5, 5.41) is 3.12. The van der Waals surface area contributed by atoms with Gasteiger partial charge in [-0.3, -0.25) is 4.79 Å². The minimum atomic E-state index is -0.214. The number of para-hydroxylation sites is 1. The van der Waals surface area contributed by atoms with E-state index in [1.54, 1.807) is 7.11 Å². The third kappa shape index (κ3) is 5.85. The summed E-state index contributed by atoms with van der Waals surface area (Å²) in [6.07, 6.45) is 0.859. The van der Waals surface area contributed by atoms with E-state index in [-0.39, 0.29) is 36.3 Å². The summed E-state index contributed by atoms with van der Waals surface area (Å²) in [5.74, 6) is 1.04. The van der Waals surface area contributed by atoms with E-state index in [1.165, 1.54) is 0 Å². The van der Waals surface area contributed by atoms with Crippen LogP contribution in [0, 0.1) is 11.8 Å². The fraction of sp³-hybridized carbons (Fsp3) is 0.588. The van der Waals surface area contributed by atoms with Crippen molar-refractivity contribution in [2.45, 2.75) is 46.2 Å². The van der Waals surface area contributed by atoms with Crippen LogP contribution >= 0.6 is 12.4 Å². The molecular weight excluding hydrogens is 300 g/mol. The number of rotatable bonds is 7. The number of hydrogen-bond donors (Lipinski definition) is 2. The van der Waals surface area contributed by atoms with E-state index in [0.29, 0.717) is 5.92 Å². The van der Waals surface area contributed by atoms with Crippen molar-refractivity contribution >= 4 is 18.3 Å². The van der Waals surface area contributed by atoms with Gasteiger partial charge in [-0.1, -0.05) is 39.0 Å². The van der Waals surface area contributed by atoms with Crippen molar-refractivity contribution < 1.29 is 9.53 Å². The number of carbonyl (C=O) groups excluding carboxylic acids is 1. The number of benzene rings is 1. The van der Waals surface area contributed by atoms with E-state index in [0.717, 1.165) is 17.7 Å². The molecule has 0 bridgehead atoms. The summed E-state index contributed by atoms with van der Waals surface area (Å²) >= 11 is 0. The van der Waals surface area contributed by atoms with Gasteiger partial charge < -0.3 is 15.8 Å². The monoisotopic (exact) mass is 328 g/mol. The van der Waals surface area contributed by atoms with E-state index >= 15 is 0 Å². The second-order valence-electron chi connectivity index (χ2n) is 6.08. The molecule has 5 heteroatoms. The summed E-state index contributed by atoms with van der Waals surface area (Å²) in [6.45, 7) is 7.99. The predicted molar refractivity (Wildman–Crippen MR) is 93.4 cm³/mol. The molecule has 126 valence electrons. The van der Waals surface area contributed by atoms with Gasteiger partial charge in [0.15, 0.2) is 0 Å². The molecule has 0 heterocycles. The van der Waals surface area contributed by atoms with Gasteiger partial charge >= 0.3 is 0 Å². The first-order valence-electron chi connectivity index (χ1n) is 7.55. The van der Waals surface area contributed by atoms with Crippen LogP contribution in [0.1, 0.15) is 45.7 Å². The lowest BCUT2D eigenvalue weighted by molar-refractivity contribution is -0.125. The number of carbonyl (C=O) groups is 1. The van der Waals surface area contributed by atoms with Gasteiger partial charge in [0.25, 0.3) is 0 Å². The lowest BCUT2D eigenvalue weighted by Gasteiger charge is -2.25. The largest absolute Gasteiger partial charge is 0.496 e. The van der Waals surface area contributed by atoms with Gasteiger partial charge in [0.2, 0.25) is 5.91 Å². The van der Waals surface area contributed by atoms with Gasteiger partial charge in [-0.25, -0.2) is 0 Å². The highest BCUT2D eigenvalue weighted by atomic mass is 35.5. The predicted octanol–water partition coefficient (Wildman–Crippen LogP) is 3.30. The van der Waals surface area contributed by atoms with Gasteiger partial charge in [0.05, 0.1) is 13.2 Å². The fourth-order valence-corrected chi connectivity index (χ4v) is 2.23. The second-order valence-corrected chi connectivity index (χ2v) is 6.08. The Morgan fingerprint density at radius 3 is 2.32 bits per heavy atom. The number of methoxy groups -OCH3 is 1. The molecule has 0 aliphatic rings. The van der Waals surface area contributed by atoms with Gasteiger partial charge in [-0.15, -0.1) is 12.4 Å². The smallest absolute Gasteiger partial charge is 0.224 e. The number of amides is 1. The normalized spacial score (nSPS) is 14.7. The van der Waals surface area contributed by atoms with Crippen molar-refractivity contribution in [3.05, 3.63) is 29.8 Å². The van der Waals surface area contributed by atoms with Crippen LogP contribution in [0.2, 0.25) is 0 Å². The van der Waals surface area contributed by atoms with Crippen molar-refractivity contribution in [3.8, 4) is 5.75 Å². The number of ether oxygens (including phenoxy) is 1. The van der Waals surface area contributed by atoms with Crippen molar-refractivity contribution in [3.63, 3.8) is 0 Å². The van der Waals surface area contributed by atoms with Crippen LogP contribution in [0.5, 0.6) is 5.75 Å². The summed E-state index contributed by atoms with van der Waals surface area (Å²) < 4.78 is 5.42. The van der Waals surface area contributed by atoms with E-state index in [1.807, 2.05) is 38.1 Å². The Balaban J connectivity index is 0.00000441. The minimum Gasteiger partial charge on any atom is -0.496 e. The zero-order chi connectivity index (χ0) is 16.0. The molecule has 3 N–H and O–H groups in total. The molecule has 0 aromatic heterocycles. The van der Waals surface area contributed by atoms with Crippen molar-refractivity contribution in [1.29, 1.82) is 0 Å². The highest BCUT2D eigenvalue weighted by molar-refractivity contribution is 5.85. The molecular formula is C17H29ClN2O2. The Hall–Kier alpha value is -1.26. The van der Waals surface area contributed by atoms with Crippen LogP contribution < -0.4 is 15.8 Å². The molecule has 4 nitrogen and oxygen atoms in total. The van der Waals surface area contributed by atoms with Crippen molar-refractivity contribution in [1.82, 2.24) is 5.32 Å². The summed E-state index contributed by atoms with van der Waals surface area (Å²) in [4.78, 5) is 12.3. The van der Waals surface area contributed by atoms with Crippen LogP contribution in [0.25, 0.3) is 0 Å². The first-order chi connectivity index (χ1) is 9.86. The van der Waals surface area contributed by atoms with Crippen LogP contribution in [0.3, 0.4) is 0 Å². The maximum Gasteiger partial charge on any atom is 0.224 e. The standard InChI is InChI=1S/C17H28N2O2.ClH/c1-11(2)10-15(19-17(20)12(3)13(4)18)14-8-6-7-9-16(14)21-5;/h6-9,11-13,15H,10,18H2,1-5H3,(H,19,20);1H. The molecule has 0 spiro atoms. The Bertz CT molecular complexity index is 464. The number of nitrogens with one attached hydrogen (secondary N) is 1. The Kier molecular flexibility index (Phi) is 9.14. The van der Waals surface area contributed by atoms with Crippen molar-refractivity contribution in [2.24, 2.45) is 17.6 Å². The average molecular weight is 329 g/mol. The lowest BCUT2D eigenvalue weighted by atomic mass is 9.94. The second kappa shape index (κ2) is 9.70. The maximum atomic E-state index is 12.3. The Labute approximate surface area is 140 Å². The highest BCUT2D eigenvalue weighted by Gasteiger charge is 2.23. The van der Waals surface area contributed by atoms with Crippen LogP contribution in [0.15, 0.2) is 24.3 Å². The van der Waals surface area contributed by atoms with Gasteiger partial charge in [-0.05, 0) is 25.3 Å². The van der Waals surface area contributed by atoms with E-state index < -0.39 is 0 Å². The third-order valence-corrected chi connectivity index (χ3v) is 3.74. The maximum absolute atomic E-state index is 12.3. The van der Waals surface area contributed by atoms with E-state index in [4.69, 9.17) is 10.5 Å².